The summed E-state index contributed by atoms with van der Waals surface area (Å²) in [4.78, 5) is 40.9. The molecular formula is C32H39N5O4. The third kappa shape index (κ3) is 6.14. The Labute approximate surface area is 241 Å². The number of hydrogen-bond donors (Lipinski definition) is 2. The minimum absolute atomic E-state index is 0.0182. The highest BCUT2D eigenvalue weighted by molar-refractivity contribution is 6.01. The van der Waals surface area contributed by atoms with Crippen LogP contribution in [0, 0.1) is 25.0 Å². The van der Waals surface area contributed by atoms with Crippen molar-refractivity contribution in [3.63, 3.8) is 0 Å². The number of benzene rings is 1. The lowest BCUT2D eigenvalue weighted by molar-refractivity contribution is -0.611. The molecule has 3 heterocycles. The Morgan fingerprint density at radius 2 is 1.66 bits per heavy atom. The maximum Gasteiger partial charge on any atom is 0.268 e. The second-order valence-corrected chi connectivity index (χ2v) is 11.4. The standard InChI is InChI=1S/C32H39N5O4/c1-21-16-17-37(41)22(2)29(21)24-10-12-26(13-11-24)33-32(40)30(25-8-6-4-5-7-9-25)34-31(39)28-15-14-27-20-35(23(3)38)18-19-36(27)28/h10-17,25,30H,4-9,18-20H2,1-3H3,(H,33,40)(H,34,39)/t30-/m0/s1. The SMILES string of the molecule is CC(=O)N1CCn2c(ccc2C(=O)N[C@H](C(=O)Nc2ccc(-c3c(C)cc[n+]([O-])c3C)cc2)C2CCCCCC2)C1. The van der Waals surface area contributed by atoms with Crippen LogP contribution in [0.3, 0.4) is 0 Å². The highest BCUT2D eigenvalue weighted by atomic mass is 16.5. The Bertz CT molecular complexity index is 1440. The number of nitrogens with one attached hydrogen (secondary N) is 2. The Kier molecular flexibility index (Phi) is 8.42. The molecule has 0 unspecified atom stereocenters. The van der Waals surface area contributed by atoms with E-state index >= 15 is 0 Å². The molecule has 1 fully saturated rings. The number of hydrogen-bond acceptors (Lipinski definition) is 4. The molecule has 0 bridgehead atoms. The summed E-state index contributed by atoms with van der Waals surface area (Å²) in [7, 11) is 0. The van der Waals surface area contributed by atoms with Crippen LogP contribution in [0.2, 0.25) is 0 Å². The molecule has 0 radical (unpaired) electrons. The molecule has 1 atom stereocenters. The molecule has 9 heteroatoms. The van der Waals surface area contributed by atoms with Crippen LogP contribution in [0.4, 0.5) is 5.69 Å². The summed E-state index contributed by atoms with van der Waals surface area (Å²) < 4.78 is 2.81. The van der Waals surface area contributed by atoms with Crippen LogP contribution in [-0.4, -0.2) is 39.8 Å². The van der Waals surface area contributed by atoms with Crippen molar-refractivity contribution in [3.05, 3.63) is 76.5 Å². The van der Waals surface area contributed by atoms with Crippen molar-refractivity contribution in [2.24, 2.45) is 5.92 Å². The summed E-state index contributed by atoms with van der Waals surface area (Å²) in [6, 6.07) is 12.3. The second kappa shape index (κ2) is 12.2. The highest BCUT2D eigenvalue weighted by Crippen LogP contribution is 2.29. The van der Waals surface area contributed by atoms with Crippen LogP contribution in [-0.2, 0) is 22.7 Å². The Morgan fingerprint density at radius 3 is 2.34 bits per heavy atom. The first kappa shape index (κ1) is 28.4. The van der Waals surface area contributed by atoms with E-state index in [4.69, 9.17) is 0 Å². The van der Waals surface area contributed by atoms with E-state index in [9.17, 15) is 19.6 Å². The van der Waals surface area contributed by atoms with Gasteiger partial charge in [-0.2, -0.15) is 4.73 Å². The van der Waals surface area contributed by atoms with Gasteiger partial charge in [0.05, 0.1) is 12.1 Å². The van der Waals surface area contributed by atoms with E-state index in [2.05, 4.69) is 10.6 Å². The van der Waals surface area contributed by atoms with Gasteiger partial charge in [0.25, 0.3) is 5.91 Å². The van der Waals surface area contributed by atoms with Crippen molar-refractivity contribution < 1.29 is 19.1 Å². The van der Waals surface area contributed by atoms with Gasteiger partial charge in [0.15, 0.2) is 11.9 Å². The third-order valence-corrected chi connectivity index (χ3v) is 8.62. The van der Waals surface area contributed by atoms with Crippen molar-refractivity contribution in [2.75, 3.05) is 11.9 Å². The van der Waals surface area contributed by atoms with Crippen LogP contribution < -0.4 is 15.4 Å². The van der Waals surface area contributed by atoms with Gasteiger partial charge in [-0.15, -0.1) is 0 Å². The quantitative estimate of drug-likeness (QED) is 0.265. The number of nitrogens with zero attached hydrogens (tertiary/aromatic N) is 3. The number of fused-ring (bicyclic) bond motifs is 1. The van der Waals surface area contributed by atoms with Gasteiger partial charge in [0.1, 0.15) is 11.7 Å². The maximum atomic E-state index is 13.7. The summed E-state index contributed by atoms with van der Waals surface area (Å²) in [5.74, 6) is -0.430. The fourth-order valence-electron chi connectivity index (χ4n) is 6.28. The van der Waals surface area contributed by atoms with Crippen molar-refractivity contribution in [2.45, 2.75) is 78.4 Å². The molecule has 0 spiro atoms. The van der Waals surface area contributed by atoms with Crippen molar-refractivity contribution in [1.29, 1.82) is 0 Å². The molecule has 216 valence electrons. The number of carbonyl (C=O) groups is 3. The van der Waals surface area contributed by atoms with Gasteiger partial charge in [-0.1, -0.05) is 37.8 Å². The zero-order chi connectivity index (χ0) is 29.1. The van der Waals surface area contributed by atoms with E-state index in [0.717, 1.165) is 65.6 Å². The number of pyridine rings is 1. The van der Waals surface area contributed by atoms with E-state index in [0.29, 0.717) is 36.7 Å². The molecule has 5 rings (SSSR count). The lowest BCUT2D eigenvalue weighted by atomic mass is 9.91. The minimum atomic E-state index is -0.665. The van der Waals surface area contributed by atoms with Gasteiger partial charge in [0, 0.05) is 44.4 Å². The first-order valence-electron chi connectivity index (χ1n) is 14.6. The number of carbonyl (C=O) groups excluding carboxylic acids is 3. The second-order valence-electron chi connectivity index (χ2n) is 11.4. The number of anilines is 1. The van der Waals surface area contributed by atoms with Crippen LogP contribution in [0.1, 0.15) is 72.9 Å². The summed E-state index contributed by atoms with van der Waals surface area (Å²) >= 11 is 0. The molecule has 2 aliphatic rings. The molecular weight excluding hydrogens is 518 g/mol. The van der Waals surface area contributed by atoms with Crippen LogP contribution in [0.25, 0.3) is 11.1 Å². The number of rotatable bonds is 6. The highest BCUT2D eigenvalue weighted by Gasteiger charge is 2.32. The predicted molar refractivity (Wildman–Crippen MR) is 157 cm³/mol. The first-order valence-corrected chi connectivity index (χ1v) is 14.6. The monoisotopic (exact) mass is 557 g/mol. The molecule has 3 amide bonds. The largest absolute Gasteiger partial charge is 0.618 e. The van der Waals surface area contributed by atoms with Crippen molar-refractivity contribution in [3.8, 4) is 11.1 Å². The molecule has 41 heavy (non-hydrogen) atoms. The summed E-state index contributed by atoms with van der Waals surface area (Å²) in [5, 5.41) is 18.3. The molecule has 1 aliphatic heterocycles. The number of amides is 3. The fourth-order valence-corrected chi connectivity index (χ4v) is 6.28. The Morgan fingerprint density at radius 1 is 0.951 bits per heavy atom. The van der Waals surface area contributed by atoms with Crippen LogP contribution >= 0.6 is 0 Å². The van der Waals surface area contributed by atoms with E-state index in [1.807, 2.05) is 41.8 Å². The molecule has 3 aromatic rings. The lowest BCUT2D eigenvalue weighted by Gasteiger charge is -2.29. The van der Waals surface area contributed by atoms with Gasteiger partial charge >= 0.3 is 0 Å². The molecule has 9 nitrogen and oxygen atoms in total. The van der Waals surface area contributed by atoms with Crippen LogP contribution in [0.15, 0.2) is 48.7 Å². The molecule has 0 saturated heterocycles. The third-order valence-electron chi connectivity index (χ3n) is 8.62. The predicted octanol–water partition coefficient (Wildman–Crippen LogP) is 4.47. The molecule has 1 aliphatic carbocycles. The zero-order valence-electron chi connectivity index (χ0n) is 24.1. The summed E-state index contributed by atoms with van der Waals surface area (Å²) in [6.45, 7) is 6.90. The fraction of sp³-hybridized carbons (Fsp3) is 0.438. The van der Waals surface area contributed by atoms with Crippen molar-refractivity contribution >= 4 is 23.4 Å². The first-order chi connectivity index (χ1) is 19.7. The Balaban J connectivity index is 1.34. The van der Waals surface area contributed by atoms with Gasteiger partial charge in [-0.05, 0) is 61.1 Å². The number of aromatic nitrogens is 2. The average Bonchev–Trinajstić information content (AvgIpc) is 3.20. The summed E-state index contributed by atoms with van der Waals surface area (Å²) in [5.41, 5.74) is 5.48. The van der Waals surface area contributed by atoms with E-state index < -0.39 is 6.04 Å². The summed E-state index contributed by atoms with van der Waals surface area (Å²) in [6.07, 6.45) is 7.64. The Hall–Kier alpha value is -4.14. The molecule has 1 aromatic carbocycles. The minimum Gasteiger partial charge on any atom is -0.618 e. The topological polar surface area (TPSA) is 110 Å². The average molecular weight is 558 g/mol. The molecule has 2 aromatic heterocycles. The van der Waals surface area contributed by atoms with Gasteiger partial charge in [-0.25, -0.2) is 0 Å². The van der Waals surface area contributed by atoms with E-state index in [1.165, 1.54) is 6.20 Å². The van der Waals surface area contributed by atoms with E-state index in [-0.39, 0.29) is 23.6 Å². The maximum absolute atomic E-state index is 13.7. The normalized spacial score (nSPS) is 16.4. The molecule has 2 N–H and O–H groups in total. The molecule has 1 saturated carbocycles. The van der Waals surface area contributed by atoms with Gasteiger partial charge in [0.2, 0.25) is 11.8 Å². The van der Waals surface area contributed by atoms with Crippen molar-refractivity contribution in [1.82, 2.24) is 14.8 Å². The zero-order valence-corrected chi connectivity index (χ0v) is 24.1. The van der Waals surface area contributed by atoms with Gasteiger partial charge < -0.3 is 25.3 Å². The smallest absolute Gasteiger partial charge is 0.268 e. The van der Waals surface area contributed by atoms with Gasteiger partial charge in [-0.3, -0.25) is 14.4 Å². The lowest BCUT2D eigenvalue weighted by Crippen LogP contribution is -2.49. The van der Waals surface area contributed by atoms with E-state index in [1.54, 1.807) is 30.9 Å². The number of aryl methyl sites for hydroxylation is 1. The van der Waals surface area contributed by atoms with Crippen LogP contribution in [0.5, 0.6) is 0 Å².